The molecule has 0 fully saturated rings. The summed E-state index contributed by atoms with van der Waals surface area (Å²) in [7, 11) is 0. The highest BCUT2D eigenvalue weighted by molar-refractivity contribution is 7.99. The minimum Gasteiger partial charge on any atom is -0.410 e. The summed E-state index contributed by atoms with van der Waals surface area (Å²) in [6.07, 6.45) is 3.90. The first-order valence-electron chi connectivity index (χ1n) is 9.20. The van der Waals surface area contributed by atoms with Crippen LogP contribution in [0.1, 0.15) is 36.6 Å². The minimum atomic E-state index is -0.143. The minimum absolute atomic E-state index is 0.136. The van der Waals surface area contributed by atoms with E-state index in [-0.39, 0.29) is 24.5 Å². The number of hydrogen-bond donors (Lipinski definition) is 0. The Bertz CT molecular complexity index is 890. The van der Waals surface area contributed by atoms with Crippen LogP contribution in [0.4, 0.5) is 0 Å². The van der Waals surface area contributed by atoms with Crippen LogP contribution in [0.3, 0.4) is 0 Å². The number of nitriles is 2. The van der Waals surface area contributed by atoms with Crippen LogP contribution >= 0.6 is 23.1 Å². The van der Waals surface area contributed by atoms with Gasteiger partial charge in [-0.05, 0) is 36.8 Å². The van der Waals surface area contributed by atoms with E-state index in [0.29, 0.717) is 30.1 Å². The lowest BCUT2D eigenvalue weighted by Crippen LogP contribution is -2.34. The van der Waals surface area contributed by atoms with Crippen molar-refractivity contribution in [1.29, 1.82) is 10.5 Å². The van der Waals surface area contributed by atoms with Gasteiger partial charge in [-0.2, -0.15) is 10.5 Å². The van der Waals surface area contributed by atoms with Gasteiger partial charge in [0, 0.05) is 18.0 Å². The van der Waals surface area contributed by atoms with Crippen molar-refractivity contribution in [2.75, 3.05) is 18.8 Å². The second-order valence-electron chi connectivity index (χ2n) is 6.77. The maximum absolute atomic E-state index is 12.4. The first kappa shape index (κ1) is 20.4. The SMILES string of the molecule is C[C@H]1CCc2sc(-c3nnc(SCC(=O)N(CCC#N)CCC#N)o3)cc2C1. The van der Waals surface area contributed by atoms with E-state index in [1.54, 1.807) is 11.3 Å². The van der Waals surface area contributed by atoms with Gasteiger partial charge in [-0.15, -0.1) is 21.5 Å². The van der Waals surface area contributed by atoms with E-state index in [4.69, 9.17) is 14.9 Å². The van der Waals surface area contributed by atoms with Crippen LogP contribution in [0.15, 0.2) is 15.7 Å². The zero-order chi connectivity index (χ0) is 19.9. The molecule has 1 aliphatic rings. The van der Waals surface area contributed by atoms with Crippen molar-refractivity contribution >= 4 is 29.0 Å². The molecule has 0 bridgehead atoms. The predicted octanol–water partition coefficient (Wildman–Crippen LogP) is 3.67. The molecule has 0 spiro atoms. The number of nitrogens with zero attached hydrogens (tertiary/aromatic N) is 5. The maximum Gasteiger partial charge on any atom is 0.277 e. The fraction of sp³-hybridized carbons (Fsp3) is 0.526. The number of carbonyl (C=O) groups is 1. The van der Waals surface area contributed by atoms with E-state index in [0.717, 1.165) is 17.7 Å². The molecule has 0 unspecified atom stereocenters. The molecule has 0 aromatic carbocycles. The number of amides is 1. The Morgan fingerprint density at radius 2 is 2.11 bits per heavy atom. The van der Waals surface area contributed by atoms with Gasteiger partial charge in [-0.25, -0.2) is 0 Å². The van der Waals surface area contributed by atoms with Gasteiger partial charge in [0.25, 0.3) is 11.1 Å². The van der Waals surface area contributed by atoms with E-state index in [1.807, 2.05) is 12.1 Å². The molecule has 0 radical (unpaired) electrons. The topological polar surface area (TPSA) is 107 Å². The highest BCUT2D eigenvalue weighted by Gasteiger charge is 2.21. The highest BCUT2D eigenvalue weighted by Crippen LogP contribution is 2.37. The third-order valence-electron chi connectivity index (χ3n) is 4.61. The van der Waals surface area contributed by atoms with Gasteiger partial charge in [-0.1, -0.05) is 18.7 Å². The summed E-state index contributed by atoms with van der Waals surface area (Å²) in [5.74, 6) is 1.19. The molecular weight excluding hydrogens is 394 g/mol. The van der Waals surface area contributed by atoms with E-state index in [1.165, 1.54) is 33.5 Å². The standard InChI is InChI=1S/C19H21N5O2S2/c1-13-4-5-15-14(10-13)11-16(28-15)18-22-23-19(26-18)27-12-17(25)24(8-2-6-20)9-3-7-21/h11,13H,2-5,8-10,12H2,1H3/t13-/m0/s1. The summed E-state index contributed by atoms with van der Waals surface area (Å²) in [6, 6.07) is 6.20. The number of aromatic nitrogens is 2. The molecule has 2 heterocycles. The average molecular weight is 416 g/mol. The molecule has 7 nitrogen and oxygen atoms in total. The summed E-state index contributed by atoms with van der Waals surface area (Å²) < 4.78 is 5.74. The molecule has 1 aliphatic carbocycles. The predicted molar refractivity (Wildman–Crippen MR) is 107 cm³/mol. The first-order chi connectivity index (χ1) is 13.6. The van der Waals surface area contributed by atoms with Crippen LogP contribution < -0.4 is 0 Å². The van der Waals surface area contributed by atoms with Gasteiger partial charge in [0.15, 0.2) is 0 Å². The van der Waals surface area contributed by atoms with Crippen LogP contribution in [-0.4, -0.2) is 39.8 Å². The fourth-order valence-electron chi connectivity index (χ4n) is 3.12. The lowest BCUT2D eigenvalue weighted by Gasteiger charge is -2.19. The number of rotatable bonds is 8. The zero-order valence-corrected chi connectivity index (χ0v) is 17.3. The molecule has 1 amide bonds. The molecule has 146 valence electrons. The van der Waals surface area contributed by atoms with Gasteiger partial charge in [0.05, 0.1) is 35.6 Å². The summed E-state index contributed by atoms with van der Waals surface area (Å²) in [4.78, 5) is 16.3. The summed E-state index contributed by atoms with van der Waals surface area (Å²) >= 11 is 2.89. The molecule has 2 aromatic rings. The van der Waals surface area contributed by atoms with Crippen molar-refractivity contribution < 1.29 is 9.21 Å². The van der Waals surface area contributed by atoms with Crippen LogP contribution in [-0.2, 0) is 17.6 Å². The fourth-order valence-corrected chi connectivity index (χ4v) is 4.92. The maximum atomic E-state index is 12.4. The van der Waals surface area contributed by atoms with Gasteiger partial charge in [0.2, 0.25) is 5.91 Å². The van der Waals surface area contributed by atoms with Crippen molar-refractivity contribution in [3.05, 3.63) is 16.5 Å². The Morgan fingerprint density at radius 1 is 1.36 bits per heavy atom. The highest BCUT2D eigenvalue weighted by atomic mass is 32.2. The lowest BCUT2D eigenvalue weighted by atomic mass is 9.90. The molecule has 9 heteroatoms. The number of aryl methyl sites for hydroxylation is 1. The lowest BCUT2D eigenvalue weighted by molar-refractivity contribution is -0.128. The van der Waals surface area contributed by atoms with E-state index in [2.05, 4.69) is 23.2 Å². The Morgan fingerprint density at radius 3 is 2.82 bits per heavy atom. The smallest absolute Gasteiger partial charge is 0.277 e. The van der Waals surface area contributed by atoms with Crippen molar-refractivity contribution in [2.45, 2.75) is 44.3 Å². The van der Waals surface area contributed by atoms with Crippen LogP contribution in [0, 0.1) is 28.6 Å². The number of hydrogen-bond acceptors (Lipinski definition) is 8. The number of carbonyl (C=O) groups excluding carboxylic acids is 1. The monoisotopic (exact) mass is 415 g/mol. The van der Waals surface area contributed by atoms with Crippen molar-refractivity contribution in [3.63, 3.8) is 0 Å². The molecular formula is C19H21N5O2S2. The Kier molecular flexibility index (Phi) is 7.07. The van der Waals surface area contributed by atoms with Crippen molar-refractivity contribution in [3.8, 4) is 22.9 Å². The Labute approximate surface area is 172 Å². The van der Waals surface area contributed by atoms with E-state index in [9.17, 15) is 4.79 Å². The summed E-state index contributed by atoms with van der Waals surface area (Å²) in [6.45, 7) is 2.92. The third kappa shape index (κ3) is 5.12. The molecule has 28 heavy (non-hydrogen) atoms. The van der Waals surface area contributed by atoms with Crippen LogP contribution in [0.2, 0.25) is 0 Å². The number of fused-ring (bicyclic) bond motifs is 1. The van der Waals surface area contributed by atoms with E-state index < -0.39 is 0 Å². The number of thiophene rings is 1. The molecule has 0 aliphatic heterocycles. The van der Waals surface area contributed by atoms with Gasteiger partial charge in [0.1, 0.15) is 0 Å². The molecule has 0 N–H and O–H groups in total. The summed E-state index contributed by atoms with van der Waals surface area (Å²) in [5.41, 5.74) is 1.38. The molecule has 1 atom stereocenters. The zero-order valence-electron chi connectivity index (χ0n) is 15.7. The van der Waals surface area contributed by atoms with Gasteiger partial charge in [-0.3, -0.25) is 4.79 Å². The quantitative estimate of drug-likeness (QED) is 0.605. The van der Waals surface area contributed by atoms with Crippen LogP contribution in [0.5, 0.6) is 0 Å². The largest absolute Gasteiger partial charge is 0.410 e. The van der Waals surface area contributed by atoms with Crippen LogP contribution in [0.25, 0.3) is 10.8 Å². The molecule has 2 aromatic heterocycles. The second kappa shape index (κ2) is 9.72. The summed E-state index contributed by atoms with van der Waals surface area (Å²) in [5, 5.41) is 26.0. The van der Waals surface area contributed by atoms with Crippen molar-refractivity contribution in [2.24, 2.45) is 5.92 Å². The second-order valence-corrected chi connectivity index (χ2v) is 8.83. The first-order valence-corrected chi connectivity index (χ1v) is 11.0. The van der Waals surface area contributed by atoms with Crippen molar-refractivity contribution in [1.82, 2.24) is 15.1 Å². The van der Waals surface area contributed by atoms with Gasteiger partial charge < -0.3 is 9.32 Å². The average Bonchev–Trinajstić information content (AvgIpc) is 3.32. The molecule has 0 saturated heterocycles. The molecule has 0 saturated carbocycles. The Balaban J connectivity index is 1.59. The number of thioether (sulfide) groups is 1. The molecule has 3 rings (SSSR count). The Hall–Kier alpha value is -2.36. The third-order valence-corrected chi connectivity index (χ3v) is 6.63. The normalized spacial score (nSPS) is 15.5. The van der Waals surface area contributed by atoms with E-state index >= 15 is 0 Å². The van der Waals surface area contributed by atoms with Gasteiger partial charge >= 0.3 is 0 Å².